The lowest BCUT2D eigenvalue weighted by atomic mass is 10.1. The number of hydrogen-bond donors (Lipinski definition) is 3. The van der Waals surface area contributed by atoms with Gasteiger partial charge in [-0.3, -0.25) is 14.4 Å². The summed E-state index contributed by atoms with van der Waals surface area (Å²) in [5.74, 6) is -1.11. The number of halogens is 2. The Hall–Kier alpha value is -3.51. The van der Waals surface area contributed by atoms with Crippen molar-refractivity contribution in [1.82, 2.24) is 10.2 Å². The number of ether oxygens (including phenoxy) is 2. The Morgan fingerprint density at radius 1 is 1.10 bits per heavy atom. The summed E-state index contributed by atoms with van der Waals surface area (Å²) in [7, 11) is 0. The van der Waals surface area contributed by atoms with E-state index in [1.165, 1.54) is 23.5 Å². The number of fused-ring (bicyclic) bond motifs is 6. The number of benzene rings is 2. The Bertz CT molecular complexity index is 1440. The van der Waals surface area contributed by atoms with E-state index in [1.807, 2.05) is 0 Å². The number of carbonyl (C=O) groups excluding carboxylic acids is 3. The Labute approximate surface area is 252 Å². The topological polar surface area (TPSA) is 123 Å². The molecular formula is C30H32ClFN4O5S. The minimum Gasteiger partial charge on any atom is -0.491 e. The summed E-state index contributed by atoms with van der Waals surface area (Å²) in [6.07, 6.45) is 2.08. The van der Waals surface area contributed by atoms with Gasteiger partial charge in [-0.25, -0.2) is 4.39 Å². The molecule has 3 heterocycles. The van der Waals surface area contributed by atoms with Crippen LogP contribution in [0.15, 0.2) is 53.9 Å². The second-order valence-corrected chi connectivity index (χ2v) is 11.8. The molecule has 1 saturated heterocycles. The van der Waals surface area contributed by atoms with Gasteiger partial charge >= 0.3 is 0 Å². The molecule has 0 aliphatic carbocycles. The van der Waals surface area contributed by atoms with Crippen molar-refractivity contribution >= 4 is 46.3 Å². The van der Waals surface area contributed by atoms with E-state index in [0.717, 1.165) is 0 Å². The van der Waals surface area contributed by atoms with Gasteiger partial charge in [0.15, 0.2) is 0 Å². The highest BCUT2D eigenvalue weighted by Crippen LogP contribution is 2.30. The fraction of sp³-hybridized carbons (Fsp3) is 0.367. The number of rotatable bonds is 2. The minimum absolute atomic E-state index is 0.0239. The molecule has 3 amide bonds. The van der Waals surface area contributed by atoms with Gasteiger partial charge in [-0.05, 0) is 78.2 Å². The normalized spacial score (nSPS) is 22.1. The maximum absolute atomic E-state index is 14.6. The van der Waals surface area contributed by atoms with Gasteiger partial charge in [0.2, 0.25) is 11.8 Å². The number of hydrogen-bond acceptors (Lipinski definition) is 7. The average Bonchev–Trinajstić information content (AvgIpc) is 3.60. The highest BCUT2D eigenvalue weighted by Gasteiger charge is 2.33. The zero-order valence-electron chi connectivity index (χ0n) is 22.8. The number of anilines is 1. The number of nitrogens with zero attached hydrogens (tertiary/aromatic N) is 1. The minimum atomic E-state index is -0.994. The summed E-state index contributed by atoms with van der Waals surface area (Å²) in [6.45, 7) is 0.885. The molecule has 222 valence electrons. The van der Waals surface area contributed by atoms with Crippen molar-refractivity contribution in [3.05, 3.63) is 69.6 Å². The molecule has 5 rings (SSSR count). The molecule has 2 aromatic carbocycles. The summed E-state index contributed by atoms with van der Waals surface area (Å²) < 4.78 is 26.3. The Morgan fingerprint density at radius 3 is 2.71 bits per heavy atom. The quantitative estimate of drug-likeness (QED) is 0.392. The summed E-state index contributed by atoms with van der Waals surface area (Å²) in [5, 5.41) is 7.80. The van der Waals surface area contributed by atoms with E-state index < -0.39 is 23.7 Å². The fourth-order valence-corrected chi connectivity index (χ4v) is 5.97. The molecule has 2 aliphatic rings. The summed E-state index contributed by atoms with van der Waals surface area (Å²) >= 11 is 7.13. The van der Waals surface area contributed by atoms with Gasteiger partial charge in [-0.15, -0.1) is 11.3 Å². The molecule has 0 radical (unpaired) electrons. The highest BCUT2D eigenvalue weighted by atomic mass is 35.5. The molecular weight excluding hydrogens is 583 g/mol. The third-order valence-electron chi connectivity index (χ3n) is 7.18. The summed E-state index contributed by atoms with van der Waals surface area (Å²) in [4.78, 5) is 41.4. The first kappa shape index (κ1) is 30.0. The van der Waals surface area contributed by atoms with Crippen molar-refractivity contribution in [3.63, 3.8) is 0 Å². The van der Waals surface area contributed by atoms with Gasteiger partial charge in [0.25, 0.3) is 5.91 Å². The second-order valence-electron chi connectivity index (χ2n) is 10.4. The molecule has 4 bridgehead atoms. The van der Waals surface area contributed by atoms with E-state index in [9.17, 15) is 18.8 Å². The van der Waals surface area contributed by atoms with Crippen molar-refractivity contribution in [2.75, 3.05) is 31.7 Å². The largest absolute Gasteiger partial charge is 0.491 e. The van der Waals surface area contributed by atoms with Crippen LogP contribution >= 0.6 is 22.9 Å². The monoisotopic (exact) mass is 614 g/mol. The van der Waals surface area contributed by atoms with Gasteiger partial charge in [0.05, 0.1) is 17.5 Å². The van der Waals surface area contributed by atoms with E-state index >= 15 is 0 Å². The molecule has 12 heteroatoms. The van der Waals surface area contributed by atoms with Crippen LogP contribution in [-0.4, -0.2) is 67.1 Å². The maximum atomic E-state index is 14.6. The van der Waals surface area contributed by atoms with Crippen LogP contribution in [0, 0.1) is 5.82 Å². The predicted octanol–water partition coefficient (Wildman–Crippen LogP) is 4.45. The number of amides is 3. The Morgan fingerprint density at radius 2 is 1.90 bits per heavy atom. The SMILES string of the molecule is N[C@H]1C[C@H]2COc3cc(F)cc(c3)-c3csc(c3)C(=O)N[C@H](C(=O)Nc3ccc(Cl)cc3)COCCCCC(=O)N2C1. The van der Waals surface area contributed by atoms with Crippen molar-refractivity contribution < 1.29 is 28.2 Å². The van der Waals surface area contributed by atoms with Crippen molar-refractivity contribution in [2.24, 2.45) is 5.73 Å². The van der Waals surface area contributed by atoms with Gasteiger partial charge < -0.3 is 30.7 Å². The number of nitrogens with two attached hydrogens (primary N) is 1. The van der Waals surface area contributed by atoms with Crippen molar-refractivity contribution in [1.29, 1.82) is 0 Å². The van der Waals surface area contributed by atoms with Crippen LogP contribution in [0.25, 0.3) is 11.1 Å². The molecule has 9 nitrogen and oxygen atoms in total. The maximum Gasteiger partial charge on any atom is 0.262 e. The molecule has 2 aliphatic heterocycles. The standard InChI is InChI=1S/C30H32ClFN4O5S/c31-20-4-6-23(7-5-20)34-29(38)26-16-40-8-2-1-3-28(37)36-14-22(33)13-24(36)15-41-25-10-18(9-21(32)12-25)19-11-27(42-17-19)30(39)35-26/h4-7,9-12,17,22,24,26H,1-3,8,13-16,33H2,(H,34,38)(H,35,39)/t22-,24-,26-/m0/s1. The van der Waals surface area contributed by atoms with Crippen LogP contribution < -0.4 is 21.1 Å². The molecule has 3 aromatic rings. The van der Waals surface area contributed by atoms with Gasteiger partial charge in [-0.1, -0.05) is 11.6 Å². The number of carbonyl (C=O) groups is 3. The van der Waals surface area contributed by atoms with Gasteiger partial charge in [0, 0.05) is 42.4 Å². The van der Waals surface area contributed by atoms with E-state index in [-0.39, 0.29) is 31.2 Å². The average molecular weight is 615 g/mol. The Balaban J connectivity index is 1.37. The first-order valence-electron chi connectivity index (χ1n) is 13.8. The summed E-state index contributed by atoms with van der Waals surface area (Å²) in [6, 6.07) is 11.2. The lowest BCUT2D eigenvalue weighted by Gasteiger charge is -2.25. The smallest absolute Gasteiger partial charge is 0.262 e. The van der Waals surface area contributed by atoms with E-state index in [0.29, 0.717) is 71.3 Å². The highest BCUT2D eigenvalue weighted by molar-refractivity contribution is 7.12. The first-order chi connectivity index (χ1) is 20.2. The third-order valence-corrected chi connectivity index (χ3v) is 8.37. The fourth-order valence-electron chi connectivity index (χ4n) is 5.03. The van der Waals surface area contributed by atoms with Gasteiger partial charge in [0.1, 0.15) is 24.2 Å². The Kier molecular flexibility index (Phi) is 9.73. The van der Waals surface area contributed by atoms with Crippen LogP contribution in [0.1, 0.15) is 35.4 Å². The lowest BCUT2D eigenvalue weighted by molar-refractivity contribution is -0.132. The molecule has 0 unspecified atom stereocenters. The lowest BCUT2D eigenvalue weighted by Crippen LogP contribution is -2.46. The van der Waals surface area contributed by atoms with E-state index in [4.69, 9.17) is 26.8 Å². The predicted molar refractivity (Wildman–Crippen MR) is 159 cm³/mol. The van der Waals surface area contributed by atoms with Crippen LogP contribution in [-0.2, 0) is 14.3 Å². The zero-order chi connectivity index (χ0) is 29.6. The van der Waals surface area contributed by atoms with Crippen LogP contribution in [0.5, 0.6) is 5.75 Å². The first-order valence-corrected chi connectivity index (χ1v) is 15.0. The second kappa shape index (κ2) is 13.6. The molecule has 4 N–H and O–H groups in total. The van der Waals surface area contributed by atoms with E-state index in [2.05, 4.69) is 10.6 Å². The molecule has 1 aromatic heterocycles. The van der Waals surface area contributed by atoms with Gasteiger partial charge in [-0.2, -0.15) is 0 Å². The molecule has 0 spiro atoms. The number of nitrogens with one attached hydrogen (secondary N) is 2. The van der Waals surface area contributed by atoms with E-state index in [1.54, 1.807) is 46.7 Å². The zero-order valence-corrected chi connectivity index (χ0v) is 24.4. The van der Waals surface area contributed by atoms with Crippen LogP contribution in [0.4, 0.5) is 10.1 Å². The third kappa shape index (κ3) is 7.65. The molecule has 0 saturated carbocycles. The summed E-state index contributed by atoms with van der Waals surface area (Å²) in [5.41, 5.74) is 7.85. The van der Waals surface area contributed by atoms with Crippen molar-refractivity contribution in [3.8, 4) is 16.9 Å². The van der Waals surface area contributed by atoms with Crippen molar-refractivity contribution in [2.45, 2.75) is 43.8 Å². The molecule has 1 fully saturated rings. The number of thiophene rings is 1. The molecule has 3 atom stereocenters. The van der Waals surface area contributed by atoms with Crippen LogP contribution in [0.2, 0.25) is 5.02 Å². The van der Waals surface area contributed by atoms with Crippen LogP contribution in [0.3, 0.4) is 0 Å². The molecule has 42 heavy (non-hydrogen) atoms.